The van der Waals surface area contributed by atoms with Crippen molar-refractivity contribution >= 4 is 21.8 Å². The van der Waals surface area contributed by atoms with Crippen LogP contribution in [0.2, 0.25) is 0 Å². The van der Waals surface area contributed by atoms with Gasteiger partial charge in [-0.2, -0.15) is 0 Å². The fraction of sp³-hybridized carbons (Fsp3) is 0.333. The Kier molecular flexibility index (Phi) is 3.86. The average molecular weight is 473 g/mol. The van der Waals surface area contributed by atoms with Crippen LogP contribution in [0.15, 0.2) is 60.8 Å². The molecule has 0 bridgehead atoms. The summed E-state index contributed by atoms with van der Waals surface area (Å²) in [5.41, 5.74) is 6.87. The third kappa shape index (κ3) is 3.11. The molecule has 178 valence electrons. The zero-order valence-corrected chi connectivity index (χ0v) is 20.0. The van der Waals surface area contributed by atoms with Crippen molar-refractivity contribution in [3.63, 3.8) is 0 Å². The molecule has 4 heterocycles. The minimum atomic E-state index is 0.380. The standard InChI is InChI=1S/C30H28N6/c1-2-17-8-19(28-14-31-29(36-28)26-12-20-10-23(20)32-26)4-3-15(17)7-16(1)18-5-6-22-25(9-18)35-30(34-22)27-13-21-11-24(21)33-27/h1-9,14,20-21,23-24,26-27,32-33H,10-13H2,(H,31,36)(H,34,35)/t20?,21?,23-,24-,26+,27+/m1/s1. The van der Waals surface area contributed by atoms with Crippen LogP contribution in [0.25, 0.3) is 44.2 Å². The van der Waals surface area contributed by atoms with Crippen molar-refractivity contribution in [2.75, 3.05) is 0 Å². The Balaban J connectivity index is 0.999. The zero-order valence-electron chi connectivity index (χ0n) is 20.0. The van der Waals surface area contributed by atoms with Crippen LogP contribution in [-0.2, 0) is 0 Å². The first-order valence-electron chi connectivity index (χ1n) is 13.3. The van der Waals surface area contributed by atoms with E-state index in [1.807, 2.05) is 6.20 Å². The Hall–Kier alpha value is -3.48. The molecule has 2 unspecified atom stereocenters. The van der Waals surface area contributed by atoms with E-state index >= 15 is 0 Å². The maximum absolute atomic E-state index is 4.88. The van der Waals surface area contributed by atoms with E-state index in [-0.39, 0.29) is 0 Å². The Morgan fingerprint density at radius 1 is 0.639 bits per heavy atom. The van der Waals surface area contributed by atoms with Gasteiger partial charge in [-0.25, -0.2) is 9.97 Å². The summed E-state index contributed by atoms with van der Waals surface area (Å²) >= 11 is 0. The van der Waals surface area contributed by atoms with Crippen LogP contribution in [-0.4, -0.2) is 32.0 Å². The van der Waals surface area contributed by atoms with E-state index in [4.69, 9.17) is 9.97 Å². The van der Waals surface area contributed by atoms with Gasteiger partial charge in [0.15, 0.2) is 0 Å². The molecule has 2 aliphatic carbocycles. The SMILES string of the molecule is c1cc2cc(-c3cnc([C@@H]4CC5C[C@H]5N4)[nH]3)ccc2cc1-c1ccc2nc([C@@H]3CC4C[C@H]4N3)[nH]c2c1. The number of piperidine rings is 2. The Bertz CT molecular complexity index is 1640. The molecule has 0 radical (unpaired) electrons. The number of nitrogens with one attached hydrogen (secondary N) is 4. The molecule has 2 aromatic heterocycles. The van der Waals surface area contributed by atoms with Crippen molar-refractivity contribution in [3.05, 3.63) is 72.4 Å². The number of imidazole rings is 2. The molecule has 2 saturated heterocycles. The first-order chi connectivity index (χ1) is 17.7. The molecule has 2 saturated carbocycles. The van der Waals surface area contributed by atoms with E-state index < -0.39 is 0 Å². The second-order valence-electron chi connectivity index (χ2n) is 11.4. The number of fused-ring (bicyclic) bond motifs is 4. The van der Waals surface area contributed by atoms with Gasteiger partial charge in [-0.15, -0.1) is 0 Å². The van der Waals surface area contributed by atoms with Gasteiger partial charge < -0.3 is 20.6 Å². The highest BCUT2D eigenvalue weighted by atomic mass is 15.1. The van der Waals surface area contributed by atoms with E-state index in [1.54, 1.807) is 0 Å². The summed E-state index contributed by atoms with van der Waals surface area (Å²) in [7, 11) is 0. The van der Waals surface area contributed by atoms with Crippen molar-refractivity contribution in [2.45, 2.75) is 49.9 Å². The number of rotatable bonds is 4. The third-order valence-electron chi connectivity index (χ3n) is 8.99. The highest BCUT2D eigenvalue weighted by molar-refractivity contribution is 5.91. The number of nitrogens with zero attached hydrogens (tertiary/aromatic N) is 2. The molecule has 0 spiro atoms. The quantitative estimate of drug-likeness (QED) is 0.274. The van der Waals surface area contributed by atoms with Gasteiger partial charge in [-0.05, 0) is 83.7 Å². The maximum Gasteiger partial charge on any atom is 0.124 e. The summed E-state index contributed by atoms with van der Waals surface area (Å²) in [6, 6.07) is 22.2. The van der Waals surface area contributed by atoms with Crippen molar-refractivity contribution in [3.8, 4) is 22.4 Å². The van der Waals surface area contributed by atoms with Crippen LogP contribution in [0.3, 0.4) is 0 Å². The summed E-state index contributed by atoms with van der Waals surface area (Å²) in [4.78, 5) is 16.7. The zero-order chi connectivity index (χ0) is 23.4. The number of benzene rings is 3. The molecule has 6 atom stereocenters. The van der Waals surface area contributed by atoms with Gasteiger partial charge in [0.1, 0.15) is 11.6 Å². The lowest BCUT2D eigenvalue weighted by Gasteiger charge is -2.09. The smallest absolute Gasteiger partial charge is 0.124 e. The summed E-state index contributed by atoms with van der Waals surface area (Å²) < 4.78 is 0. The topological polar surface area (TPSA) is 81.4 Å². The molecule has 6 heteroatoms. The Labute approximate surface area is 208 Å². The Morgan fingerprint density at radius 2 is 1.31 bits per heavy atom. The van der Waals surface area contributed by atoms with E-state index in [9.17, 15) is 0 Å². The molecule has 2 aliphatic heterocycles. The number of H-pyrrole nitrogens is 2. The van der Waals surface area contributed by atoms with Crippen molar-refractivity contribution < 1.29 is 0 Å². The van der Waals surface area contributed by atoms with Gasteiger partial charge in [0.25, 0.3) is 0 Å². The lowest BCUT2D eigenvalue weighted by molar-refractivity contribution is 0.543. The number of hydrogen-bond donors (Lipinski definition) is 4. The lowest BCUT2D eigenvalue weighted by Crippen LogP contribution is -2.18. The third-order valence-corrected chi connectivity index (χ3v) is 8.99. The van der Waals surface area contributed by atoms with E-state index in [0.29, 0.717) is 12.1 Å². The normalized spacial score (nSPS) is 30.1. The van der Waals surface area contributed by atoms with E-state index in [0.717, 1.165) is 52.3 Å². The predicted octanol–water partition coefficient (Wildman–Crippen LogP) is 5.62. The van der Waals surface area contributed by atoms with Crippen molar-refractivity contribution in [2.24, 2.45) is 11.8 Å². The van der Waals surface area contributed by atoms with Gasteiger partial charge in [0.05, 0.1) is 35.0 Å². The molecule has 4 N–H and O–H groups in total. The maximum atomic E-state index is 4.88. The van der Waals surface area contributed by atoms with E-state index in [2.05, 4.69) is 75.2 Å². The molecule has 9 rings (SSSR count). The fourth-order valence-corrected chi connectivity index (χ4v) is 6.69. The van der Waals surface area contributed by atoms with Crippen LogP contribution >= 0.6 is 0 Å². The molecule has 6 nitrogen and oxygen atoms in total. The first-order valence-corrected chi connectivity index (χ1v) is 13.3. The number of aromatic amines is 2. The molecular weight excluding hydrogens is 444 g/mol. The molecule has 36 heavy (non-hydrogen) atoms. The summed E-state index contributed by atoms with van der Waals surface area (Å²) in [6.07, 6.45) is 7.08. The summed E-state index contributed by atoms with van der Waals surface area (Å²) in [5.74, 6) is 3.89. The number of aromatic nitrogens is 4. The van der Waals surface area contributed by atoms with Gasteiger partial charge in [0, 0.05) is 17.6 Å². The van der Waals surface area contributed by atoms with Crippen LogP contribution < -0.4 is 10.6 Å². The van der Waals surface area contributed by atoms with Crippen molar-refractivity contribution in [1.82, 2.24) is 30.6 Å². The fourth-order valence-electron chi connectivity index (χ4n) is 6.69. The summed E-state index contributed by atoms with van der Waals surface area (Å²) in [5, 5.41) is 9.87. The molecule has 5 aromatic rings. The average Bonchev–Trinajstić information content (AvgIpc) is 3.49. The molecule has 0 amide bonds. The highest BCUT2D eigenvalue weighted by Crippen LogP contribution is 2.46. The van der Waals surface area contributed by atoms with E-state index in [1.165, 1.54) is 53.1 Å². The Morgan fingerprint density at radius 3 is 2.06 bits per heavy atom. The summed E-state index contributed by atoms with van der Waals surface area (Å²) in [6.45, 7) is 0. The molecule has 4 aliphatic rings. The first kappa shape index (κ1) is 19.7. The minimum absolute atomic E-state index is 0.380. The van der Waals surface area contributed by atoms with Gasteiger partial charge in [0.2, 0.25) is 0 Å². The molecular formula is C30H28N6. The van der Waals surface area contributed by atoms with Crippen LogP contribution in [0, 0.1) is 11.8 Å². The van der Waals surface area contributed by atoms with Crippen molar-refractivity contribution in [1.29, 1.82) is 0 Å². The second-order valence-corrected chi connectivity index (χ2v) is 11.4. The molecule has 3 aromatic carbocycles. The second kappa shape index (κ2) is 7.05. The lowest BCUT2D eigenvalue weighted by atomic mass is 9.99. The van der Waals surface area contributed by atoms with Crippen LogP contribution in [0.1, 0.15) is 49.4 Å². The van der Waals surface area contributed by atoms with Gasteiger partial charge >= 0.3 is 0 Å². The van der Waals surface area contributed by atoms with Gasteiger partial charge in [-0.3, -0.25) is 0 Å². The largest absolute Gasteiger partial charge is 0.341 e. The molecule has 4 fully saturated rings. The van der Waals surface area contributed by atoms with Gasteiger partial charge in [-0.1, -0.05) is 30.3 Å². The van der Waals surface area contributed by atoms with Crippen LogP contribution in [0.5, 0.6) is 0 Å². The van der Waals surface area contributed by atoms with Crippen LogP contribution in [0.4, 0.5) is 0 Å². The monoisotopic (exact) mass is 472 g/mol. The minimum Gasteiger partial charge on any atom is -0.341 e. The predicted molar refractivity (Wildman–Crippen MR) is 141 cm³/mol. The number of hydrogen-bond acceptors (Lipinski definition) is 4. The highest BCUT2D eigenvalue weighted by Gasteiger charge is 2.47.